The molecule has 1 N–H and O–H groups in total. The van der Waals surface area contributed by atoms with Crippen LogP contribution in [0.5, 0.6) is 0 Å². The second kappa shape index (κ2) is 7.12. The number of carbonyl (C=O) groups is 1. The van der Waals surface area contributed by atoms with Crippen molar-refractivity contribution in [3.05, 3.63) is 70.0 Å². The van der Waals surface area contributed by atoms with Gasteiger partial charge < -0.3 is 10.2 Å². The number of fused-ring (bicyclic) bond motifs is 3. The van der Waals surface area contributed by atoms with Crippen molar-refractivity contribution >= 4 is 21.4 Å². The number of anilines is 1. The first kappa shape index (κ1) is 20.4. The van der Waals surface area contributed by atoms with Crippen molar-refractivity contribution < 1.29 is 30.8 Å². The van der Waals surface area contributed by atoms with Gasteiger partial charge in [0, 0.05) is 18.8 Å². The molecule has 158 valence electrons. The lowest BCUT2D eigenvalue weighted by atomic mass is 10.1. The van der Waals surface area contributed by atoms with E-state index in [0.29, 0.717) is 36.3 Å². The smallest absolute Gasteiger partial charge is 0.347 e. The highest BCUT2D eigenvalue weighted by atomic mass is 32.2. The summed E-state index contributed by atoms with van der Waals surface area (Å²) in [6.45, 7) is 0.346. The lowest BCUT2D eigenvalue weighted by Gasteiger charge is -2.30. The standard InChI is InChI=1S/C20H16F4N2O3S/c21-14-7-8-15-17(10-14)30(28,29)18(16-2-1-9-26(15)16)19(27)25-11-12-3-5-13(6-4-12)20(22,23)24/h3-8,10H,1-2,9,11H2,(H,25,27). The number of halogens is 4. The Bertz CT molecular complexity index is 1160. The number of carbonyl (C=O) groups excluding carboxylic acids is 1. The predicted molar refractivity (Wildman–Crippen MR) is 100 cm³/mol. The zero-order chi connectivity index (χ0) is 21.7. The van der Waals surface area contributed by atoms with Crippen LogP contribution < -0.4 is 10.2 Å². The maximum atomic E-state index is 13.7. The number of hydrogen-bond donors (Lipinski definition) is 1. The largest absolute Gasteiger partial charge is 0.416 e. The van der Waals surface area contributed by atoms with Gasteiger partial charge in [0.05, 0.1) is 16.1 Å². The molecule has 0 aliphatic carbocycles. The Kier molecular flexibility index (Phi) is 4.84. The molecule has 1 amide bonds. The van der Waals surface area contributed by atoms with Crippen LogP contribution in [0.3, 0.4) is 0 Å². The minimum Gasteiger partial charge on any atom is -0.347 e. The van der Waals surface area contributed by atoms with Crippen molar-refractivity contribution in [2.75, 3.05) is 11.4 Å². The number of hydrogen-bond acceptors (Lipinski definition) is 4. The van der Waals surface area contributed by atoms with E-state index in [4.69, 9.17) is 0 Å². The van der Waals surface area contributed by atoms with E-state index in [9.17, 15) is 30.8 Å². The van der Waals surface area contributed by atoms with E-state index in [1.165, 1.54) is 24.3 Å². The van der Waals surface area contributed by atoms with Crippen LogP contribution in [-0.2, 0) is 27.4 Å². The zero-order valence-corrected chi connectivity index (χ0v) is 16.3. The summed E-state index contributed by atoms with van der Waals surface area (Å²) in [7, 11) is -4.25. The van der Waals surface area contributed by atoms with Crippen LogP contribution in [-0.4, -0.2) is 20.9 Å². The third kappa shape index (κ3) is 3.45. The first-order valence-electron chi connectivity index (χ1n) is 9.09. The maximum absolute atomic E-state index is 13.7. The summed E-state index contributed by atoms with van der Waals surface area (Å²) in [5, 5.41) is 2.46. The summed E-state index contributed by atoms with van der Waals surface area (Å²) in [5.74, 6) is -1.60. The lowest BCUT2D eigenvalue weighted by molar-refractivity contribution is -0.137. The normalized spacial score (nSPS) is 17.5. The first-order valence-corrected chi connectivity index (χ1v) is 10.6. The summed E-state index contributed by atoms with van der Waals surface area (Å²) in [6.07, 6.45) is -3.46. The number of amides is 1. The van der Waals surface area contributed by atoms with Gasteiger partial charge in [-0.05, 0) is 48.7 Å². The van der Waals surface area contributed by atoms with Crippen molar-refractivity contribution in [2.45, 2.75) is 30.5 Å². The third-order valence-corrected chi connectivity index (χ3v) is 6.96. The molecule has 1 saturated heterocycles. The Morgan fingerprint density at radius 1 is 1.10 bits per heavy atom. The van der Waals surface area contributed by atoms with Gasteiger partial charge in [-0.2, -0.15) is 13.2 Å². The Morgan fingerprint density at radius 2 is 1.80 bits per heavy atom. The fraction of sp³-hybridized carbons (Fsp3) is 0.250. The number of allylic oxidation sites excluding steroid dienone is 1. The number of alkyl halides is 3. The molecule has 0 bridgehead atoms. The highest BCUT2D eigenvalue weighted by Crippen LogP contribution is 2.43. The molecule has 2 aliphatic rings. The molecule has 0 saturated carbocycles. The van der Waals surface area contributed by atoms with Gasteiger partial charge >= 0.3 is 6.18 Å². The van der Waals surface area contributed by atoms with E-state index in [1.54, 1.807) is 4.90 Å². The second-order valence-electron chi connectivity index (χ2n) is 7.02. The molecule has 0 spiro atoms. The van der Waals surface area contributed by atoms with Crippen LogP contribution in [0.15, 0.2) is 58.0 Å². The van der Waals surface area contributed by atoms with E-state index in [0.717, 1.165) is 18.2 Å². The van der Waals surface area contributed by atoms with Crippen LogP contribution in [0.1, 0.15) is 24.0 Å². The molecule has 2 aromatic rings. The Hall–Kier alpha value is -2.88. The van der Waals surface area contributed by atoms with Crippen LogP contribution >= 0.6 is 0 Å². The number of rotatable bonds is 3. The molecule has 2 heterocycles. The first-order chi connectivity index (χ1) is 14.1. The molecule has 30 heavy (non-hydrogen) atoms. The highest BCUT2D eigenvalue weighted by Gasteiger charge is 2.42. The molecule has 10 heteroatoms. The minimum absolute atomic E-state index is 0.153. The summed E-state index contributed by atoms with van der Waals surface area (Å²) < 4.78 is 77.8. The van der Waals surface area contributed by atoms with Gasteiger partial charge in [0.15, 0.2) is 4.91 Å². The van der Waals surface area contributed by atoms with Crippen LogP contribution in [0.25, 0.3) is 0 Å². The van der Waals surface area contributed by atoms with Crippen molar-refractivity contribution in [2.24, 2.45) is 0 Å². The quantitative estimate of drug-likeness (QED) is 0.739. The number of nitrogens with zero attached hydrogens (tertiary/aromatic N) is 1. The van der Waals surface area contributed by atoms with Crippen LogP contribution in [0, 0.1) is 5.82 Å². The summed E-state index contributed by atoms with van der Waals surface area (Å²) in [4.78, 5) is 13.8. The SMILES string of the molecule is O=C(NCc1ccc(C(F)(F)F)cc1)C1=C2CCCN2c2ccc(F)cc2S1(=O)=O. The van der Waals surface area contributed by atoms with Crippen LogP contribution in [0.2, 0.25) is 0 Å². The second-order valence-corrected chi connectivity index (χ2v) is 8.88. The van der Waals surface area contributed by atoms with Gasteiger partial charge in [-0.3, -0.25) is 4.79 Å². The molecule has 4 rings (SSSR count). The minimum atomic E-state index is -4.47. The molecule has 0 unspecified atom stereocenters. The van der Waals surface area contributed by atoms with E-state index < -0.39 is 38.2 Å². The fourth-order valence-corrected chi connectivity index (χ4v) is 5.47. The average Bonchev–Trinajstić information content (AvgIpc) is 3.15. The number of benzene rings is 2. The molecule has 2 aromatic carbocycles. The Morgan fingerprint density at radius 3 is 2.47 bits per heavy atom. The van der Waals surface area contributed by atoms with Crippen molar-refractivity contribution in [1.29, 1.82) is 0 Å². The molecule has 0 atom stereocenters. The molecule has 0 radical (unpaired) electrons. The zero-order valence-electron chi connectivity index (χ0n) is 15.5. The van der Waals surface area contributed by atoms with E-state index in [-0.39, 0.29) is 11.4 Å². The predicted octanol–water partition coefficient (Wildman–Crippen LogP) is 3.76. The third-order valence-electron chi connectivity index (χ3n) is 5.09. The van der Waals surface area contributed by atoms with Gasteiger partial charge in [0.1, 0.15) is 5.82 Å². The van der Waals surface area contributed by atoms with Gasteiger partial charge in [-0.1, -0.05) is 12.1 Å². The van der Waals surface area contributed by atoms with Crippen molar-refractivity contribution in [3.8, 4) is 0 Å². The molecule has 0 aromatic heterocycles. The summed E-state index contributed by atoms with van der Waals surface area (Å²) in [5.41, 5.74) is 0.240. The Labute approximate surface area is 169 Å². The Balaban J connectivity index is 1.62. The molecule has 5 nitrogen and oxygen atoms in total. The van der Waals surface area contributed by atoms with Crippen molar-refractivity contribution in [3.63, 3.8) is 0 Å². The molecule has 2 aliphatic heterocycles. The van der Waals surface area contributed by atoms with Gasteiger partial charge in [0.25, 0.3) is 5.91 Å². The highest BCUT2D eigenvalue weighted by molar-refractivity contribution is 7.96. The van der Waals surface area contributed by atoms with E-state index in [1.807, 2.05) is 0 Å². The number of sulfone groups is 1. The average molecular weight is 440 g/mol. The lowest BCUT2D eigenvalue weighted by Crippen LogP contribution is -2.35. The van der Waals surface area contributed by atoms with Crippen LogP contribution in [0.4, 0.5) is 23.2 Å². The van der Waals surface area contributed by atoms with E-state index in [2.05, 4.69) is 5.32 Å². The topological polar surface area (TPSA) is 66.5 Å². The summed E-state index contributed by atoms with van der Waals surface area (Å²) >= 11 is 0. The fourth-order valence-electron chi connectivity index (χ4n) is 3.70. The van der Waals surface area contributed by atoms with Gasteiger partial charge in [0.2, 0.25) is 9.84 Å². The van der Waals surface area contributed by atoms with E-state index >= 15 is 0 Å². The monoisotopic (exact) mass is 440 g/mol. The number of nitrogens with one attached hydrogen (secondary N) is 1. The molecule has 1 fully saturated rings. The van der Waals surface area contributed by atoms with Gasteiger partial charge in [-0.25, -0.2) is 12.8 Å². The molecular weight excluding hydrogens is 424 g/mol. The van der Waals surface area contributed by atoms with Crippen molar-refractivity contribution in [1.82, 2.24) is 5.32 Å². The molecular formula is C20H16F4N2O3S. The van der Waals surface area contributed by atoms with Gasteiger partial charge in [-0.15, -0.1) is 0 Å². The maximum Gasteiger partial charge on any atom is 0.416 e. The summed E-state index contributed by atoms with van der Waals surface area (Å²) in [6, 6.07) is 7.63.